The lowest BCUT2D eigenvalue weighted by atomic mass is 10.2. The fourth-order valence-corrected chi connectivity index (χ4v) is 2.21. The van der Waals surface area contributed by atoms with Crippen LogP contribution in [0, 0.1) is 0 Å². The summed E-state index contributed by atoms with van der Waals surface area (Å²) in [6, 6.07) is 5.40. The van der Waals surface area contributed by atoms with Gasteiger partial charge in [0.2, 0.25) is 11.8 Å². The van der Waals surface area contributed by atoms with E-state index >= 15 is 0 Å². The number of nitrogens with two attached hydrogens (primary N) is 3. The Kier molecular flexibility index (Phi) is 5.11. The third-order valence-corrected chi connectivity index (χ3v) is 2.92. The molecule has 0 fully saturated rings. The molecule has 1 aromatic rings. The number of amides is 2. The molecule has 0 heterocycles. The minimum Gasteiger partial charge on any atom is -0.368 e. The van der Waals surface area contributed by atoms with Crippen molar-refractivity contribution in [3.8, 4) is 0 Å². The number of nitrogens with zero attached hydrogens (tertiary/aromatic N) is 1. The molecule has 1 aromatic carbocycles. The highest BCUT2D eigenvalue weighted by Gasteiger charge is 2.15. The Morgan fingerprint density at radius 3 is 2.11 bits per heavy atom. The van der Waals surface area contributed by atoms with Crippen LogP contribution in [0.3, 0.4) is 0 Å². The van der Waals surface area contributed by atoms with Crippen molar-refractivity contribution < 1.29 is 9.59 Å². The highest BCUT2D eigenvalue weighted by atomic mass is 79.9. The van der Waals surface area contributed by atoms with Gasteiger partial charge in [-0.05, 0) is 33.6 Å². The van der Waals surface area contributed by atoms with Gasteiger partial charge in [0.15, 0.2) is 0 Å². The number of rotatable bonds is 6. The lowest BCUT2D eigenvalue weighted by Crippen LogP contribution is -2.39. The first-order chi connectivity index (χ1) is 8.43. The van der Waals surface area contributed by atoms with Crippen LogP contribution < -0.4 is 22.1 Å². The molecule has 0 aliphatic carbocycles. The number of anilines is 1. The van der Waals surface area contributed by atoms with E-state index in [1.165, 1.54) is 4.90 Å². The van der Waals surface area contributed by atoms with Gasteiger partial charge in [0.25, 0.3) is 0 Å². The van der Waals surface area contributed by atoms with Gasteiger partial charge in [-0.15, -0.1) is 0 Å². The molecule has 0 saturated heterocycles. The van der Waals surface area contributed by atoms with Crippen LogP contribution >= 0.6 is 15.9 Å². The van der Waals surface area contributed by atoms with Gasteiger partial charge in [-0.3, -0.25) is 9.59 Å². The smallest absolute Gasteiger partial charge is 0.236 e. The predicted octanol–water partition coefficient (Wildman–Crippen LogP) is -0.315. The number of benzene rings is 1. The van der Waals surface area contributed by atoms with E-state index in [-0.39, 0.29) is 13.1 Å². The SMILES string of the molecule is NCc1ccc(N(CC(N)=O)CC(N)=O)c(Br)c1. The molecule has 6 nitrogen and oxygen atoms in total. The molecule has 0 unspecified atom stereocenters. The van der Waals surface area contributed by atoms with Gasteiger partial charge in [-0.25, -0.2) is 0 Å². The van der Waals surface area contributed by atoms with Crippen molar-refractivity contribution in [1.29, 1.82) is 0 Å². The first kappa shape index (κ1) is 14.5. The molecular weight excluding hydrogens is 300 g/mol. The van der Waals surface area contributed by atoms with Crippen LogP contribution in [0.15, 0.2) is 22.7 Å². The van der Waals surface area contributed by atoms with Gasteiger partial charge in [-0.1, -0.05) is 6.07 Å². The summed E-state index contributed by atoms with van der Waals surface area (Å²) in [4.78, 5) is 23.5. The van der Waals surface area contributed by atoms with Gasteiger partial charge in [0.1, 0.15) is 0 Å². The highest BCUT2D eigenvalue weighted by molar-refractivity contribution is 9.10. The first-order valence-electron chi connectivity index (χ1n) is 5.24. The van der Waals surface area contributed by atoms with Crippen LogP contribution in [0.4, 0.5) is 5.69 Å². The molecule has 98 valence electrons. The van der Waals surface area contributed by atoms with Gasteiger partial charge in [0.05, 0.1) is 18.8 Å². The molecule has 7 heteroatoms. The summed E-state index contributed by atoms with van der Waals surface area (Å²) in [6.45, 7) is 0.248. The lowest BCUT2D eigenvalue weighted by Gasteiger charge is -2.23. The quantitative estimate of drug-likeness (QED) is 0.667. The topological polar surface area (TPSA) is 115 Å². The van der Waals surface area contributed by atoms with E-state index in [0.29, 0.717) is 12.2 Å². The van der Waals surface area contributed by atoms with Crippen molar-refractivity contribution in [1.82, 2.24) is 0 Å². The van der Waals surface area contributed by atoms with Crippen LogP contribution in [0.25, 0.3) is 0 Å². The summed E-state index contributed by atoms with van der Waals surface area (Å²) in [5.74, 6) is -1.07. The zero-order chi connectivity index (χ0) is 13.7. The monoisotopic (exact) mass is 314 g/mol. The van der Waals surface area contributed by atoms with Crippen molar-refractivity contribution in [3.63, 3.8) is 0 Å². The number of primary amides is 2. The summed E-state index contributed by atoms with van der Waals surface area (Å²) in [7, 11) is 0. The van der Waals surface area contributed by atoms with E-state index < -0.39 is 11.8 Å². The van der Waals surface area contributed by atoms with Gasteiger partial charge in [0, 0.05) is 11.0 Å². The molecule has 0 radical (unpaired) electrons. The third kappa shape index (κ3) is 4.01. The molecule has 0 aliphatic heterocycles. The van der Waals surface area contributed by atoms with Crippen LogP contribution in [-0.4, -0.2) is 24.9 Å². The first-order valence-corrected chi connectivity index (χ1v) is 6.03. The lowest BCUT2D eigenvalue weighted by molar-refractivity contribution is -0.117. The molecule has 0 saturated carbocycles. The summed E-state index contributed by atoms with van der Waals surface area (Å²) >= 11 is 3.37. The maximum atomic E-state index is 11.0. The highest BCUT2D eigenvalue weighted by Crippen LogP contribution is 2.27. The molecule has 18 heavy (non-hydrogen) atoms. The molecule has 0 aromatic heterocycles. The maximum absolute atomic E-state index is 11.0. The standard InChI is InChI=1S/C11H15BrN4O2/c12-8-3-7(4-13)1-2-9(8)16(5-10(14)17)6-11(15)18/h1-3H,4-6,13H2,(H2,14,17)(H2,15,18). The van der Waals surface area contributed by atoms with Crippen LogP contribution in [0.1, 0.15) is 5.56 Å². The normalized spacial score (nSPS) is 10.1. The Morgan fingerprint density at radius 1 is 1.17 bits per heavy atom. The largest absolute Gasteiger partial charge is 0.368 e. The molecular formula is C11H15BrN4O2. The Morgan fingerprint density at radius 2 is 1.72 bits per heavy atom. The Balaban J connectivity index is 3.03. The maximum Gasteiger partial charge on any atom is 0.236 e. The van der Waals surface area contributed by atoms with E-state index in [9.17, 15) is 9.59 Å². The molecule has 6 N–H and O–H groups in total. The zero-order valence-corrected chi connectivity index (χ0v) is 11.3. The van der Waals surface area contributed by atoms with Crippen molar-refractivity contribution in [2.75, 3.05) is 18.0 Å². The minimum absolute atomic E-state index is 0.0798. The summed E-state index contributed by atoms with van der Waals surface area (Å²) in [5, 5.41) is 0. The average molecular weight is 315 g/mol. The Hall–Kier alpha value is -1.60. The van der Waals surface area contributed by atoms with Crippen molar-refractivity contribution in [2.45, 2.75) is 6.54 Å². The number of carbonyl (C=O) groups is 2. The predicted molar refractivity (Wildman–Crippen MR) is 72.6 cm³/mol. The molecule has 2 amide bonds. The van der Waals surface area contributed by atoms with Crippen LogP contribution in [0.5, 0.6) is 0 Å². The summed E-state index contributed by atoms with van der Waals surface area (Å²) in [5.41, 5.74) is 17.4. The summed E-state index contributed by atoms with van der Waals surface area (Å²) in [6.07, 6.45) is 0. The van der Waals surface area contributed by atoms with Gasteiger partial charge in [-0.2, -0.15) is 0 Å². The number of hydrogen-bond acceptors (Lipinski definition) is 4. The third-order valence-electron chi connectivity index (χ3n) is 2.28. The minimum atomic E-state index is -0.536. The number of carbonyl (C=O) groups excluding carboxylic acids is 2. The van der Waals surface area contributed by atoms with Gasteiger partial charge < -0.3 is 22.1 Å². The molecule has 1 rings (SSSR count). The van der Waals surface area contributed by atoms with Gasteiger partial charge >= 0.3 is 0 Å². The van der Waals surface area contributed by atoms with Crippen LogP contribution in [-0.2, 0) is 16.1 Å². The Bertz CT molecular complexity index is 448. The summed E-state index contributed by atoms with van der Waals surface area (Å²) < 4.78 is 0.730. The zero-order valence-electron chi connectivity index (χ0n) is 9.73. The van der Waals surface area contributed by atoms with E-state index in [1.54, 1.807) is 6.07 Å². The van der Waals surface area contributed by atoms with Crippen molar-refractivity contribution >= 4 is 33.4 Å². The van der Waals surface area contributed by atoms with E-state index in [0.717, 1.165) is 10.0 Å². The van der Waals surface area contributed by atoms with Crippen molar-refractivity contribution in [2.24, 2.45) is 17.2 Å². The molecule has 0 aliphatic rings. The van der Waals surface area contributed by atoms with Crippen LogP contribution in [0.2, 0.25) is 0 Å². The fraction of sp³-hybridized carbons (Fsp3) is 0.273. The molecule has 0 atom stereocenters. The average Bonchev–Trinajstić information content (AvgIpc) is 2.26. The second-order valence-electron chi connectivity index (χ2n) is 3.78. The fourth-order valence-electron chi connectivity index (χ4n) is 1.54. The molecule has 0 bridgehead atoms. The number of hydrogen-bond donors (Lipinski definition) is 3. The number of halogens is 1. The van der Waals surface area contributed by atoms with E-state index in [1.807, 2.05) is 12.1 Å². The Labute approximate surface area is 113 Å². The van der Waals surface area contributed by atoms with E-state index in [4.69, 9.17) is 17.2 Å². The second-order valence-corrected chi connectivity index (χ2v) is 4.63. The van der Waals surface area contributed by atoms with Crippen molar-refractivity contribution in [3.05, 3.63) is 28.2 Å². The molecule has 0 spiro atoms. The second kappa shape index (κ2) is 6.36. The van der Waals surface area contributed by atoms with E-state index in [2.05, 4.69) is 15.9 Å².